The number of rotatable bonds is 4. The van der Waals surface area contributed by atoms with Crippen molar-refractivity contribution in [3.8, 4) is 0 Å². The van der Waals surface area contributed by atoms with Gasteiger partial charge >= 0.3 is 5.97 Å². The summed E-state index contributed by atoms with van der Waals surface area (Å²) in [5.74, 6) is -1.87. The maximum Gasteiger partial charge on any atom is 0.303 e. The van der Waals surface area contributed by atoms with Crippen LogP contribution < -0.4 is 10.9 Å². The summed E-state index contributed by atoms with van der Waals surface area (Å²) in [6, 6.07) is 0. The molecule has 0 bridgehead atoms. The molecule has 0 aliphatic rings. The molecule has 74 valence electrons. The van der Waals surface area contributed by atoms with E-state index in [-0.39, 0.29) is 25.2 Å². The van der Waals surface area contributed by atoms with Crippen LogP contribution in [0.1, 0.15) is 26.2 Å². The minimum absolute atomic E-state index is 0.140. The first-order valence-corrected chi connectivity index (χ1v) is 3.85. The van der Waals surface area contributed by atoms with E-state index in [4.69, 9.17) is 5.11 Å². The molecule has 0 aliphatic carbocycles. The number of hydrogen-bond donors (Lipinski definition) is 3. The maximum atomic E-state index is 10.8. The number of nitrogens with one attached hydrogen (secondary N) is 2. The summed E-state index contributed by atoms with van der Waals surface area (Å²) in [6.07, 6.45) is -0.119. The zero-order valence-corrected chi connectivity index (χ0v) is 7.29. The van der Waals surface area contributed by atoms with Crippen LogP contribution in [0.3, 0.4) is 0 Å². The van der Waals surface area contributed by atoms with Crippen LogP contribution in [0.2, 0.25) is 0 Å². The van der Waals surface area contributed by atoms with Gasteiger partial charge in [0.25, 0.3) is 0 Å². The SMILES string of the molecule is CCC(=O)NNC(=O)CCC(=O)O. The average Bonchev–Trinajstić information content (AvgIpc) is 2.10. The molecule has 0 atom stereocenters. The lowest BCUT2D eigenvalue weighted by atomic mass is 10.3. The third-order valence-corrected chi connectivity index (χ3v) is 1.23. The first-order valence-electron chi connectivity index (χ1n) is 3.85. The zero-order valence-electron chi connectivity index (χ0n) is 7.29. The Bertz CT molecular complexity index is 215. The average molecular weight is 188 g/mol. The van der Waals surface area contributed by atoms with Crippen molar-refractivity contribution >= 4 is 17.8 Å². The molecule has 0 aromatic rings. The molecule has 0 fully saturated rings. The fraction of sp³-hybridized carbons (Fsp3) is 0.571. The van der Waals surface area contributed by atoms with Crippen LogP contribution >= 0.6 is 0 Å². The van der Waals surface area contributed by atoms with Crippen LogP contribution in [0.4, 0.5) is 0 Å². The number of carboxylic acid groups (broad SMARTS) is 1. The predicted octanol–water partition coefficient (Wildman–Crippen LogP) is -0.591. The molecule has 3 N–H and O–H groups in total. The van der Waals surface area contributed by atoms with Crippen LogP contribution in [0.5, 0.6) is 0 Å². The Kier molecular flexibility index (Phi) is 5.25. The van der Waals surface area contributed by atoms with Gasteiger partial charge in [0.1, 0.15) is 0 Å². The maximum absolute atomic E-state index is 10.8. The smallest absolute Gasteiger partial charge is 0.303 e. The van der Waals surface area contributed by atoms with Crippen molar-refractivity contribution in [2.75, 3.05) is 0 Å². The molecule has 0 radical (unpaired) electrons. The van der Waals surface area contributed by atoms with Crippen molar-refractivity contribution in [3.63, 3.8) is 0 Å². The summed E-state index contributed by atoms with van der Waals surface area (Å²) < 4.78 is 0. The van der Waals surface area contributed by atoms with E-state index in [1.165, 1.54) is 0 Å². The molecule has 0 saturated carbocycles. The second-order valence-corrected chi connectivity index (χ2v) is 2.34. The lowest BCUT2D eigenvalue weighted by molar-refractivity contribution is -0.139. The summed E-state index contributed by atoms with van der Waals surface area (Å²) in [4.78, 5) is 31.4. The predicted molar refractivity (Wildman–Crippen MR) is 43.4 cm³/mol. The van der Waals surface area contributed by atoms with Crippen LogP contribution in [-0.4, -0.2) is 22.9 Å². The van der Waals surface area contributed by atoms with Gasteiger partial charge in [0, 0.05) is 12.8 Å². The van der Waals surface area contributed by atoms with E-state index in [0.29, 0.717) is 0 Å². The Hall–Kier alpha value is -1.59. The van der Waals surface area contributed by atoms with Crippen molar-refractivity contribution in [1.82, 2.24) is 10.9 Å². The third-order valence-electron chi connectivity index (χ3n) is 1.23. The van der Waals surface area contributed by atoms with Crippen LogP contribution in [0, 0.1) is 0 Å². The van der Waals surface area contributed by atoms with Gasteiger partial charge in [0.15, 0.2) is 0 Å². The first kappa shape index (κ1) is 11.4. The van der Waals surface area contributed by atoms with E-state index in [1.807, 2.05) is 0 Å². The molecule has 0 heterocycles. The Morgan fingerprint density at radius 3 is 2.08 bits per heavy atom. The van der Waals surface area contributed by atoms with E-state index >= 15 is 0 Å². The third kappa shape index (κ3) is 6.79. The van der Waals surface area contributed by atoms with Crippen molar-refractivity contribution in [3.05, 3.63) is 0 Å². The Morgan fingerprint density at radius 2 is 1.62 bits per heavy atom. The van der Waals surface area contributed by atoms with Crippen LogP contribution in [0.15, 0.2) is 0 Å². The van der Waals surface area contributed by atoms with Gasteiger partial charge in [-0.25, -0.2) is 0 Å². The second kappa shape index (κ2) is 5.99. The summed E-state index contributed by atoms with van der Waals surface area (Å²) in [7, 11) is 0. The Balaban J connectivity index is 3.52. The summed E-state index contributed by atoms with van der Waals surface area (Å²) >= 11 is 0. The second-order valence-electron chi connectivity index (χ2n) is 2.34. The number of carbonyl (C=O) groups excluding carboxylic acids is 2. The largest absolute Gasteiger partial charge is 0.481 e. The highest BCUT2D eigenvalue weighted by Crippen LogP contribution is 1.87. The number of carbonyl (C=O) groups is 3. The van der Waals surface area contributed by atoms with E-state index in [0.717, 1.165) is 0 Å². The van der Waals surface area contributed by atoms with Crippen molar-refractivity contribution in [2.24, 2.45) is 0 Å². The van der Waals surface area contributed by atoms with Gasteiger partial charge < -0.3 is 5.11 Å². The van der Waals surface area contributed by atoms with E-state index in [9.17, 15) is 14.4 Å². The molecule has 0 unspecified atom stereocenters. The highest BCUT2D eigenvalue weighted by atomic mass is 16.4. The highest BCUT2D eigenvalue weighted by molar-refractivity contribution is 5.83. The molecule has 6 heteroatoms. The lowest BCUT2D eigenvalue weighted by Gasteiger charge is -2.04. The summed E-state index contributed by atoms with van der Waals surface area (Å²) in [6.45, 7) is 1.64. The minimum Gasteiger partial charge on any atom is -0.481 e. The molecule has 13 heavy (non-hydrogen) atoms. The molecular weight excluding hydrogens is 176 g/mol. The number of hydrazine groups is 1. The Labute approximate surface area is 75.3 Å². The van der Waals surface area contributed by atoms with Gasteiger partial charge in [-0.2, -0.15) is 0 Å². The van der Waals surface area contributed by atoms with Crippen LogP contribution in [0.25, 0.3) is 0 Å². The molecule has 0 saturated heterocycles. The van der Waals surface area contributed by atoms with Gasteiger partial charge in [-0.3, -0.25) is 25.2 Å². The number of amides is 2. The highest BCUT2D eigenvalue weighted by Gasteiger charge is 2.05. The lowest BCUT2D eigenvalue weighted by Crippen LogP contribution is -2.41. The van der Waals surface area contributed by atoms with Crippen molar-refractivity contribution < 1.29 is 19.5 Å². The Morgan fingerprint density at radius 1 is 1.08 bits per heavy atom. The summed E-state index contributed by atoms with van der Waals surface area (Å²) in [5.41, 5.74) is 4.21. The van der Waals surface area contributed by atoms with Gasteiger partial charge in [-0.1, -0.05) is 6.92 Å². The normalized spacial score (nSPS) is 9.00. The minimum atomic E-state index is -1.04. The fourth-order valence-electron chi connectivity index (χ4n) is 0.511. The van der Waals surface area contributed by atoms with Gasteiger partial charge in [-0.15, -0.1) is 0 Å². The standard InChI is InChI=1S/C7H12N2O4/c1-2-5(10)8-9-6(11)3-4-7(12)13/h2-4H2,1H3,(H,8,10)(H,9,11)(H,12,13). The summed E-state index contributed by atoms with van der Waals surface area (Å²) in [5, 5.41) is 8.22. The molecule has 0 spiro atoms. The monoisotopic (exact) mass is 188 g/mol. The molecular formula is C7H12N2O4. The number of hydrogen-bond acceptors (Lipinski definition) is 3. The topological polar surface area (TPSA) is 95.5 Å². The quantitative estimate of drug-likeness (QED) is 0.514. The van der Waals surface area contributed by atoms with E-state index in [1.54, 1.807) is 6.92 Å². The molecule has 0 aromatic carbocycles. The van der Waals surface area contributed by atoms with Gasteiger partial charge in [0.05, 0.1) is 6.42 Å². The number of carboxylic acids is 1. The number of aliphatic carboxylic acids is 1. The fourth-order valence-corrected chi connectivity index (χ4v) is 0.511. The molecule has 0 aliphatic heterocycles. The molecule has 0 rings (SSSR count). The molecule has 0 aromatic heterocycles. The zero-order chi connectivity index (χ0) is 10.3. The molecule has 2 amide bonds. The van der Waals surface area contributed by atoms with Crippen molar-refractivity contribution in [2.45, 2.75) is 26.2 Å². The van der Waals surface area contributed by atoms with E-state index in [2.05, 4.69) is 10.9 Å². The van der Waals surface area contributed by atoms with Gasteiger partial charge in [-0.05, 0) is 0 Å². The molecule has 6 nitrogen and oxygen atoms in total. The van der Waals surface area contributed by atoms with Crippen LogP contribution in [-0.2, 0) is 14.4 Å². The van der Waals surface area contributed by atoms with E-state index < -0.39 is 11.9 Å². The van der Waals surface area contributed by atoms with Crippen molar-refractivity contribution in [1.29, 1.82) is 0 Å². The first-order chi connectivity index (χ1) is 6.06. The van der Waals surface area contributed by atoms with Gasteiger partial charge in [0.2, 0.25) is 11.8 Å².